The number of likely N-dealkylation sites (tertiary alicyclic amines) is 1. The quantitative estimate of drug-likeness (QED) is 0.705. The first-order valence-electron chi connectivity index (χ1n) is 7.26. The Morgan fingerprint density at radius 2 is 2.09 bits per heavy atom. The minimum atomic E-state index is -0.110. The Morgan fingerprint density at radius 3 is 2.87 bits per heavy atom. The van der Waals surface area contributed by atoms with Gasteiger partial charge in [-0.1, -0.05) is 18.2 Å². The van der Waals surface area contributed by atoms with Crippen LogP contribution in [-0.4, -0.2) is 35.0 Å². The summed E-state index contributed by atoms with van der Waals surface area (Å²) in [6.45, 7) is 1.05. The normalized spacial score (nSPS) is 14.7. The first kappa shape index (κ1) is 14.3. The van der Waals surface area contributed by atoms with Crippen molar-refractivity contribution in [2.45, 2.75) is 6.10 Å². The molecular weight excluding hydrogens is 360 g/mol. The molecule has 0 unspecified atom stereocenters. The number of fused-ring (bicyclic) bond motifs is 1. The van der Waals surface area contributed by atoms with E-state index in [1.54, 1.807) is 17.2 Å². The van der Waals surface area contributed by atoms with Gasteiger partial charge in [-0.15, -0.1) is 0 Å². The molecule has 1 aromatic carbocycles. The van der Waals surface area contributed by atoms with E-state index >= 15 is 0 Å². The smallest absolute Gasteiger partial charge is 0.289 e. The van der Waals surface area contributed by atoms with Crippen LogP contribution >= 0.6 is 15.9 Å². The Bertz CT molecular complexity index is 838. The maximum absolute atomic E-state index is 12.4. The molecule has 0 N–H and O–H groups in total. The second-order valence-electron chi connectivity index (χ2n) is 5.39. The molecule has 0 saturated carbocycles. The Morgan fingerprint density at radius 1 is 1.26 bits per heavy atom. The van der Waals surface area contributed by atoms with Gasteiger partial charge in [-0.2, -0.15) is 0 Å². The maximum atomic E-state index is 12.4. The van der Waals surface area contributed by atoms with Gasteiger partial charge in [0.1, 0.15) is 11.7 Å². The number of carbonyl (C=O) groups excluding carboxylic acids is 1. The number of nitrogens with zero attached hydrogens (tertiary/aromatic N) is 2. The lowest BCUT2D eigenvalue weighted by Gasteiger charge is -2.38. The van der Waals surface area contributed by atoms with Crippen LogP contribution in [0.2, 0.25) is 0 Å². The van der Waals surface area contributed by atoms with Gasteiger partial charge in [0.05, 0.1) is 17.6 Å². The number of benzene rings is 1. The average molecular weight is 373 g/mol. The van der Waals surface area contributed by atoms with Crippen LogP contribution in [0.3, 0.4) is 0 Å². The summed E-state index contributed by atoms with van der Waals surface area (Å²) >= 11 is 3.40. The number of halogens is 1. The summed E-state index contributed by atoms with van der Waals surface area (Å²) in [5.74, 6) is 0.804. The van der Waals surface area contributed by atoms with Crippen molar-refractivity contribution in [2.24, 2.45) is 0 Å². The predicted octanol–water partition coefficient (Wildman–Crippen LogP) is 3.49. The van der Waals surface area contributed by atoms with Gasteiger partial charge in [0, 0.05) is 11.6 Å². The van der Waals surface area contributed by atoms with E-state index in [1.807, 2.05) is 36.4 Å². The first-order valence-corrected chi connectivity index (χ1v) is 8.05. The van der Waals surface area contributed by atoms with Gasteiger partial charge in [0.25, 0.3) is 5.91 Å². The van der Waals surface area contributed by atoms with E-state index in [0.29, 0.717) is 24.7 Å². The topological polar surface area (TPSA) is 55.6 Å². The van der Waals surface area contributed by atoms with Crippen LogP contribution in [0.25, 0.3) is 11.0 Å². The zero-order valence-corrected chi connectivity index (χ0v) is 13.7. The van der Waals surface area contributed by atoms with E-state index in [2.05, 4.69) is 20.9 Å². The fraction of sp³-hybridized carbons (Fsp3) is 0.176. The molecular formula is C17H13BrN2O3. The molecule has 1 fully saturated rings. The summed E-state index contributed by atoms with van der Waals surface area (Å²) in [5, 5.41) is 0.932. The minimum Gasteiger partial charge on any atom is -0.470 e. The number of rotatable bonds is 3. The largest absolute Gasteiger partial charge is 0.470 e. The summed E-state index contributed by atoms with van der Waals surface area (Å²) < 4.78 is 12.2. The zero-order chi connectivity index (χ0) is 15.8. The molecule has 4 rings (SSSR count). The van der Waals surface area contributed by atoms with Crippen molar-refractivity contribution < 1.29 is 13.9 Å². The lowest BCUT2D eigenvalue weighted by molar-refractivity contribution is 0.0136. The summed E-state index contributed by atoms with van der Waals surface area (Å²) in [6.07, 6.45) is 1.63. The Hall–Kier alpha value is -2.34. The molecule has 3 heterocycles. The number of aromatic nitrogens is 1. The lowest BCUT2D eigenvalue weighted by atomic mass is 10.1. The molecule has 0 aliphatic carbocycles. The van der Waals surface area contributed by atoms with Crippen LogP contribution in [0, 0.1) is 0 Å². The Balaban J connectivity index is 1.41. The first-order chi connectivity index (χ1) is 11.2. The zero-order valence-electron chi connectivity index (χ0n) is 12.1. The molecule has 1 aliphatic heterocycles. The highest BCUT2D eigenvalue weighted by Crippen LogP contribution is 2.26. The molecule has 0 atom stereocenters. The van der Waals surface area contributed by atoms with Crippen molar-refractivity contribution in [3.8, 4) is 5.88 Å². The number of ether oxygens (including phenoxy) is 1. The number of pyridine rings is 1. The second-order valence-corrected chi connectivity index (χ2v) is 6.24. The molecule has 3 aromatic rings. The number of hydrogen-bond donors (Lipinski definition) is 0. The van der Waals surface area contributed by atoms with Crippen LogP contribution in [0.1, 0.15) is 10.6 Å². The Kier molecular flexibility index (Phi) is 3.53. The molecule has 0 spiro atoms. The highest BCUT2D eigenvalue weighted by Gasteiger charge is 2.34. The molecule has 1 amide bonds. The Labute approximate surface area is 141 Å². The number of amides is 1. The SMILES string of the molecule is O=C(c1cc2ccccc2o1)N1CC(Oc2ncccc2Br)C1. The van der Waals surface area contributed by atoms with Crippen molar-refractivity contribution in [2.75, 3.05) is 13.1 Å². The third kappa shape index (κ3) is 2.70. The van der Waals surface area contributed by atoms with Crippen LogP contribution in [0.15, 0.2) is 57.6 Å². The third-order valence-electron chi connectivity index (χ3n) is 3.77. The van der Waals surface area contributed by atoms with Crippen LogP contribution in [0.4, 0.5) is 0 Å². The molecule has 6 heteroatoms. The number of furan rings is 1. The van der Waals surface area contributed by atoms with E-state index in [1.165, 1.54) is 0 Å². The van der Waals surface area contributed by atoms with Gasteiger partial charge >= 0.3 is 0 Å². The third-order valence-corrected chi connectivity index (χ3v) is 4.38. The van der Waals surface area contributed by atoms with E-state index < -0.39 is 0 Å². The van der Waals surface area contributed by atoms with E-state index in [9.17, 15) is 4.79 Å². The molecule has 116 valence electrons. The molecule has 2 aromatic heterocycles. The highest BCUT2D eigenvalue weighted by molar-refractivity contribution is 9.10. The fourth-order valence-corrected chi connectivity index (χ4v) is 2.89. The molecule has 5 nitrogen and oxygen atoms in total. The summed E-state index contributed by atoms with van der Waals surface area (Å²) in [5.41, 5.74) is 0.724. The van der Waals surface area contributed by atoms with Crippen LogP contribution in [0.5, 0.6) is 5.88 Å². The van der Waals surface area contributed by atoms with Crippen molar-refractivity contribution in [1.29, 1.82) is 0 Å². The minimum absolute atomic E-state index is 0.0467. The van der Waals surface area contributed by atoms with Gasteiger partial charge in [0.15, 0.2) is 5.76 Å². The van der Waals surface area contributed by atoms with E-state index in [4.69, 9.17) is 9.15 Å². The second kappa shape index (κ2) is 5.70. The fourth-order valence-electron chi connectivity index (χ4n) is 2.54. The number of carbonyl (C=O) groups is 1. The van der Waals surface area contributed by atoms with E-state index in [-0.39, 0.29) is 12.0 Å². The monoisotopic (exact) mass is 372 g/mol. The summed E-state index contributed by atoms with van der Waals surface area (Å²) in [4.78, 5) is 18.3. The average Bonchev–Trinajstić information content (AvgIpc) is 2.95. The predicted molar refractivity (Wildman–Crippen MR) is 88.5 cm³/mol. The van der Waals surface area contributed by atoms with Gasteiger partial charge in [-0.05, 0) is 40.2 Å². The molecule has 1 saturated heterocycles. The van der Waals surface area contributed by atoms with Gasteiger partial charge < -0.3 is 14.1 Å². The number of para-hydroxylation sites is 1. The molecule has 23 heavy (non-hydrogen) atoms. The van der Waals surface area contributed by atoms with Crippen molar-refractivity contribution in [3.05, 3.63) is 58.9 Å². The molecule has 1 aliphatic rings. The highest BCUT2D eigenvalue weighted by atomic mass is 79.9. The standard InChI is InChI=1S/C17H13BrN2O3/c18-13-5-3-7-19-16(13)22-12-9-20(10-12)17(21)15-8-11-4-1-2-6-14(11)23-15/h1-8,12H,9-10H2. The maximum Gasteiger partial charge on any atom is 0.289 e. The van der Waals surface area contributed by atoms with Crippen molar-refractivity contribution in [3.63, 3.8) is 0 Å². The van der Waals surface area contributed by atoms with Crippen molar-refractivity contribution in [1.82, 2.24) is 9.88 Å². The summed E-state index contributed by atoms with van der Waals surface area (Å²) in [7, 11) is 0. The lowest BCUT2D eigenvalue weighted by Crippen LogP contribution is -2.56. The van der Waals surface area contributed by atoms with Crippen LogP contribution in [-0.2, 0) is 0 Å². The van der Waals surface area contributed by atoms with Gasteiger partial charge in [0.2, 0.25) is 5.88 Å². The van der Waals surface area contributed by atoms with Gasteiger partial charge in [-0.3, -0.25) is 4.79 Å². The molecule has 0 radical (unpaired) electrons. The van der Waals surface area contributed by atoms with E-state index in [0.717, 1.165) is 15.4 Å². The van der Waals surface area contributed by atoms with Crippen LogP contribution < -0.4 is 4.74 Å². The molecule has 0 bridgehead atoms. The number of hydrogen-bond acceptors (Lipinski definition) is 4. The van der Waals surface area contributed by atoms with Gasteiger partial charge in [-0.25, -0.2) is 4.98 Å². The summed E-state index contributed by atoms with van der Waals surface area (Å²) in [6, 6.07) is 13.1. The van der Waals surface area contributed by atoms with Crippen molar-refractivity contribution >= 4 is 32.8 Å².